The van der Waals surface area contributed by atoms with Gasteiger partial charge in [-0.2, -0.15) is 0 Å². The van der Waals surface area contributed by atoms with E-state index in [1.807, 2.05) is 13.0 Å². The maximum atomic E-state index is 12.5. The van der Waals surface area contributed by atoms with Gasteiger partial charge < -0.3 is 9.42 Å². The summed E-state index contributed by atoms with van der Waals surface area (Å²) in [4.78, 5) is 14.2. The van der Waals surface area contributed by atoms with Crippen molar-refractivity contribution in [2.75, 3.05) is 11.9 Å². The van der Waals surface area contributed by atoms with Crippen LogP contribution in [0.25, 0.3) is 0 Å². The van der Waals surface area contributed by atoms with Crippen molar-refractivity contribution in [2.45, 2.75) is 45.6 Å². The van der Waals surface area contributed by atoms with Crippen LogP contribution in [-0.4, -0.2) is 32.8 Å². The zero-order chi connectivity index (χ0) is 15.5. The zero-order valence-electron chi connectivity index (χ0n) is 12.7. The molecular weight excluding hydrogens is 302 g/mol. The number of urea groups is 1. The van der Waals surface area contributed by atoms with Gasteiger partial charge in [-0.3, -0.25) is 5.32 Å². The van der Waals surface area contributed by atoms with E-state index in [0.717, 1.165) is 42.1 Å². The highest BCUT2D eigenvalue weighted by molar-refractivity contribution is 7.15. The summed E-state index contributed by atoms with van der Waals surface area (Å²) in [6, 6.07) is 1.68. The van der Waals surface area contributed by atoms with Gasteiger partial charge >= 0.3 is 6.03 Å². The van der Waals surface area contributed by atoms with E-state index in [1.54, 1.807) is 4.90 Å². The average Bonchev–Trinajstić information content (AvgIpc) is 3.19. The highest BCUT2D eigenvalue weighted by Crippen LogP contribution is 2.32. The second-order valence-electron chi connectivity index (χ2n) is 5.40. The molecule has 2 amide bonds. The van der Waals surface area contributed by atoms with Crippen LogP contribution >= 0.6 is 11.3 Å². The van der Waals surface area contributed by atoms with E-state index in [0.29, 0.717) is 11.7 Å². The fraction of sp³-hybridized carbons (Fsp3) is 0.571. The van der Waals surface area contributed by atoms with Crippen molar-refractivity contribution in [3.63, 3.8) is 0 Å². The summed E-state index contributed by atoms with van der Waals surface area (Å²) in [5.41, 5.74) is 0.829. The Kier molecular flexibility index (Phi) is 4.37. The molecule has 0 radical (unpaired) electrons. The molecule has 0 spiro atoms. The molecule has 1 saturated heterocycles. The van der Waals surface area contributed by atoms with Gasteiger partial charge in [-0.1, -0.05) is 23.4 Å². The van der Waals surface area contributed by atoms with Crippen molar-refractivity contribution in [3.05, 3.63) is 22.5 Å². The highest BCUT2D eigenvalue weighted by Gasteiger charge is 2.33. The third kappa shape index (κ3) is 3.11. The average molecular weight is 321 g/mol. The molecule has 7 nitrogen and oxygen atoms in total. The van der Waals surface area contributed by atoms with Crippen LogP contribution in [-0.2, 0) is 6.42 Å². The number of hydrogen-bond donors (Lipinski definition) is 1. The lowest BCUT2D eigenvalue weighted by Gasteiger charge is -2.22. The molecule has 1 aliphatic rings. The molecule has 1 fully saturated rings. The first kappa shape index (κ1) is 15.0. The third-order valence-corrected chi connectivity index (χ3v) is 4.53. The lowest BCUT2D eigenvalue weighted by molar-refractivity contribution is 0.195. The van der Waals surface area contributed by atoms with E-state index in [4.69, 9.17) is 4.52 Å². The molecule has 8 heteroatoms. The van der Waals surface area contributed by atoms with Gasteiger partial charge in [0.2, 0.25) is 5.13 Å². The van der Waals surface area contributed by atoms with Gasteiger partial charge in [-0.15, -0.1) is 10.2 Å². The lowest BCUT2D eigenvalue weighted by atomic mass is 10.1. The van der Waals surface area contributed by atoms with E-state index >= 15 is 0 Å². The summed E-state index contributed by atoms with van der Waals surface area (Å²) in [5, 5.41) is 16.3. The summed E-state index contributed by atoms with van der Waals surface area (Å²) in [6.07, 6.45) is 3.74. The second-order valence-corrected chi connectivity index (χ2v) is 6.47. The fourth-order valence-electron chi connectivity index (χ4n) is 2.63. The Morgan fingerprint density at radius 2 is 2.41 bits per heavy atom. The minimum Gasteiger partial charge on any atom is -0.359 e. The van der Waals surface area contributed by atoms with Gasteiger partial charge in [-0.05, 0) is 26.2 Å². The summed E-state index contributed by atoms with van der Waals surface area (Å²) >= 11 is 1.43. The molecule has 22 heavy (non-hydrogen) atoms. The van der Waals surface area contributed by atoms with Crippen molar-refractivity contribution in [2.24, 2.45) is 0 Å². The molecule has 1 aliphatic heterocycles. The number of likely N-dealkylation sites (tertiary alicyclic amines) is 1. The molecule has 1 N–H and O–H groups in total. The van der Waals surface area contributed by atoms with E-state index in [9.17, 15) is 4.79 Å². The van der Waals surface area contributed by atoms with E-state index in [2.05, 4.69) is 27.6 Å². The van der Waals surface area contributed by atoms with Crippen molar-refractivity contribution in [3.8, 4) is 0 Å². The lowest BCUT2D eigenvalue weighted by Crippen LogP contribution is -2.34. The number of rotatable bonds is 4. The molecule has 2 aromatic heterocycles. The minimum atomic E-state index is -0.157. The Bertz CT molecular complexity index is 653. The first-order chi connectivity index (χ1) is 10.7. The SMILES string of the molecule is CCCc1nnc(NC(=O)N2CCC[C@@H]2c2cc(C)no2)s1. The molecule has 0 aromatic carbocycles. The number of amides is 2. The van der Waals surface area contributed by atoms with Gasteiger partial charge in [0, 0.05) is 19.0 Å². The molecule has 0 aliphatic carbocycles. The first-order valence-electron chi connectivity index (χ1n) is 7.50. The number of hydrogen-bond acceptors (Lipinski definition) is 6. The van der Waals surface area contributed by atoms with E-state index in [-0.39, 0.29) is 12.1 Å². The number of aryl methyl sites for hydroxylation is 2. The predicted octanol–water partition coefficient (Wildman–Crippen LogP) is 3.16. The van der Waals surface area contributed by atoms with Crippen molar-refractivity contribution in [1.82, 2.24) is 20.3 Å². The maximum Gasteiger partial charge on any atom is 0.324 e. The first-order valence-corrected chi connectivity index (χ1v) is 8.32. The van der Waals surface area contributed by atoms with Crippen LogP contribution in [0.3, 0.4) is 0 Å². The van der Waals surface area contributed by atoms with Crippen LogP contribution in [0.2, 0.25) is 0 Å². The largest absolute Gasteiger partial charge is 0.359 e. The van der Waals surface area contributed by atoms with Gasteiger partial charge in [0.15, 0.2) is 5.76 Å². The smallest absolute Gasteiger partial charge is 0.324 e. The molecule has 0 unspecified atom stereocenters. The number of nitrogens with one attached hydrogen (secondary N) is 1. The zero-order valence-corrected chi connectivity index (χ0v) is 13.5. The van der Waals surface area contributed by atoms with Gasteiger partial charge in [-0.25, -0.2) is 4.79 Å². The van der Waals surface area contributed by atoms with Crippen LogP contribution < -0.4 is 5.32 Å². The highest BCUT2D eigenvalue weighted by atomic mass is 32.1. The van der Waals surface area contributed by atoms with E-state index in [1.165, 1.54) is 11.3 Å². The molecule has 1 atom stereocenters. The maximum absolute atomic E-state index is 12.5. The number of carbonyl (C=O) groups excluding carboxylic acids is 1. The third-order valence-electron chi connectivity index (χ3n) is 3.63. The normalized spacial score (nSPS) is 17.9. The predicted molar refractivity (Wildman–Crippen MR) is 82.8 cm³/mol. The van der Waals surface area contributed by atoms with Crippen molar-refractivity contribution in [1.29, 1.82) is 0 Å². The molecule has 0 bridgehead atoms. The van der Waals surface area contributed by atoms with Crippen LogP contribution in [0.5, 0.6) is 0 Å². The summed E-state index contributed by atoms with van der Waals surface area (Å²) in [7, 11) is 0. The summed E-state index contributed by atoms with van der Waals surface area (Å²) in [5.74, 6) is 0.745. The molecule has 118 valence electrons. The van der Waals surface area contributed by atoms with Gasteiger partial charge in [0.05, 0.1) is 11.7 Å². The fourth-order valence-corrected chi connectivity index (χ4v) is 3.46. The number of nitrogens with zero attached hydrogens (tertiary/aromatic N) is 4. The van der Waals surface area contributed by atoms with Crippen LogP contribution in [0.1, 0.15) is 48.7 Å². The van der Waals surface area contributed by atoms with Crippen molar-refractivity contribution < 1.29 is 9.32 Å². The topological polar surface area (TPSA) is 84.2 Å². The number of aromatic nitrogens is 3. The minimum absolute atomic E-state index is 0.0516. The Hall–Kier alpha value is -1.96. The van der Waals surface area contributed by atoms with Gasteiger partial charge in [0.1, 0.15) is 5.01 Å². The Morgan fingerprint density at radius 3 is 3.14 bits per heavy atom. The standard InChI is InChI=1S/C14H19N5O2S/c1-3-5-12-16-17-13(22-12)15-14(20)19-7-4-6-10(19)11-8-9(2)18-21-11/h8,10H,3-7H2,1-2H3,(H,15,17,20)/t10-/m1/s1. The Balaban J connectivity index is 1.67. The number of anilines is 1. The Labute approximate surface area is 132 Å². The Morgan fingerprint density at radius 1 is 1.55 bits per heavy atom. The van der Waals surface area contributed by atoms with Crippen molar-refractivity contribution >= 4 is 22.5 Å². The van der Waals surface area contributed by atoms with Crippen LogP contribution in [0.15, 0.2) is 10.6 Å². The second kappa shape index (κ2) is 6.43. The number of carbonyl (C=O) groups is 1. The van der Waals surface area contributed by atoms with Crippen LogP contribution in [0, 0.1) is 6.92 Å². The molecule has 0 saturated carbocycles. The molecular formula is C14H19N5O2S. The summed E-state index contributed by atoms with van der Waals surface area (Å²) in [6.45, 7) is 4.67. The molecule has 2 aromatic rings. The monoisotopic (exact) mass is 321 g/mol. The molecule has 3 heterocycles. The quantitative estimate of drug-likeness (QED) is 0.935. The van der Waals surface area contributed by atoms with Gasteiger partial charge in [0.25, 0.3) is 0 Å². The molecule has 3 rings (SSSR count). The van der Waals surface area contributed by atoms with Crippen LogP contribution in [0.4, 0.5) is 9.93 Å². The van der Waals surface area contributed by atoms with E-state index < -0.39 is 0 Å². The summed E-state index contributed by atoms with van der Waals surface area (Å²) < 4.78 is 5.32.